The number of anilines is 2. The van der Waals surface area contributed by atoms with E-state index in [4.69, 9.17) is 14.2 Å². The van der Waals surface area contributed by atoms with Crippen LogP contribution in [-0.2, 0) is 16.0 Å². The summed E-state index contributed by atoms with van der Waals surface area (Å²) in [4.78, 5) is 37.6. The van der Waals surface area contributed by atoms with Crippen LogP contribution in [0, 0.1) is 6.92 Å². The Morgan fingerprint density at radius 1 is 0.857 bits per heavy atom. The highest BCUT2D eigenvalue weighted by Gasteiger charge is 2.26. The third-order valence-electron chi connectivity index (χ3n) is 6.54. The van der Waals surface area contributed by atoms with Crippen molar-refractivity contribution < 1.29 is 33.7 Å². The monoisotopic (exact) mass is 578 g/mol. The maximum Gasteiger partial charge on any atom is 0.323 e. The average Bonchev–Trinajstić information content (AvgIpc) is 2.97. The lowest BCUT2D eigenvalue weighted by Gasteiger charge is -2.31. The SMILES string of the molecule is CCCN(NC(=O)Cc1ccc(NC(=O)Nc2ccccc2C)c(OC)c1)C(CC(=O)O)c1ccc(OC)c(OC)c1. The molecule has 3 aromatic rings. The van der Waals surface area contributed by atoms with Gasteiger partial charge in [0.05, 0.1) is 45.9 Å². The molecule has 224 valence electrons. The van der Waals surface area contributed by atoms with Gasteiger partial charge in [0.15, 0.2) is 11.5 Å². The average molecular weight is 579 g/mol. The van der Waals surface area contributed by atoms with Crippen LogP contribution in [0.1, 0.15) is 42.5 Å². The second-order valence-corrected chi connectivity index (χ2v) is 9.56. The van der Waals surface area contributed by atoms with Crippen molar-refractivity contribution in [2.24, 2.45) is 0 Å². The molecule has 1 unspecified atom stereocenters. The van der Waals surface area contributed by atoms with E-state index in [2.05, 4.69) is 16.1 Å². The van der Waals surface area contributed by atoms with Crippen LogP contribution < -0.4 is 30.3 Å². The van der Waals surface area contributed by atoms with Crippen molar-refractivity contribution in [3.8, 4) is 17.2 Å². The van der Waals surface area contributed by atoms with Crippen LogP contribution in [0.2, 0.25) is 0 Å². The van der Waals surface area contributed by atoms with Crippen molar-refractivity contribution in [1.82, 2.24) is 10.4 Å². The number of nitrogens with one attached hydrogen (secondary N) is 3. The Bertz CT molecular complexity index is 1400. The van der Waals surface area contributed by atoms with Crippen molar-refractivity contribution in [2.75, 3.05) is 38.5 Å². The number of amides is 3. The van der Waals surface area contributed by atoms with E-state index in [-0.39, 0.29) is 18.7 Å². The molecule has 3 aromatic carbocycles. The summed E-state index contributed by atoms with van der Waals surface area (Å²) in [7, 11) is 4.51. The number of carboxylic acid groups (broad SMARTS) is 1. The largest absolute Gasteiger partial charge is 0.495 e. The van der Waals surface area contributed by atoms with E-state index in [0.29, 0.717) is 52.7 Å². The summed E-state index contributed by atoms with van der Waals surface area (Å²) < 4.78 is 16.2. The van der Waals surface area contributed by atoms with Crippen molar-refractivity contribution in [3.05, 3.63) is 77.4 Å². The molecular weight excluding hydrogens is 540 g/mol. The first-order valence-electron chi connectivity index (χ1n) is 13.5. The highest BCUT2D eigenvalue weighted by molar-refractivity contribution is 6.01. The zero-order valence-corrected chi connectivity index (χ0v) is 24.5. The summed E-state index contributed by atoms with van der Waals surface area (Å²) in [6, 6.07) is 16.6. The zero-order chi connectivity index (χ0) is 30.6. The lowest BCUT2D eigenvalue weighted by Crippen LogP contribution is -2.46. The molecule has 0 radical (unpaired) electrons. The van der Waals surface area contributed by atoms with Crippen LogP contribution in [0.15, 0.2) is 60.7 Å². The van der Waals surface area contributed by atoms with E-state index < -0.39 is 18.0 Å². The standard InChI is InChI=1S/C31H38N4O7/c1-6-15-35(25(19-30(37)38)22-12-14-26(40-3)28(18-22)42-5)34-29(36)17-21-11-13-24(27(16-21)41-4)33-31(39)32-23-10-8-7-9-20(23)2/h7-14,16,18,25H,6,15,17,19H2,1-5H3,(H,34,36)(H,37,38)(H2,32,33,39). The maximum atomic E-state index is 13.2. The fourth-order valence-corrected chi connectivity index (χ4v) is 4.49. The Hall–Kier alpha value is -4.77. The highest BCUT2D eigenvalue weighted by atomic mass is 16.5. The molecule has 0 aliphatic carbocycles. The first-order chi connectivity index (χ1) is 20.2. The van der Waals surface area contributed by atoms with Gasteiger partial charge < -0.3 is 30.0 Å². The molecule has 11 heteroatoms. The Balaban J connectivity index is 1.75. The van der Waals surface area contributed by atoms with Crippen molar-refractivity contribution in [2.45, 2.75) is 39.2 Å². The summed E-state index contributed by atoms with van der Waals surface area (Å²) in [5.74, 6) is 0.0195. The minimum atomic E-state index is -1.01. The Morgan fingerprint density at radius 3 is 2.19 bits per heavy atom. The number of hydrogen-bond donors (Lipinski definition) is 4. The molecule has 0 saturated carbocycles. The van der Waals surface area contributed by atoms with Gasteiger partial charge in [-0.2, -0.15) is 0 Å². The van der Waals surface area contributed by atoms with Crippen LogP contribution in [-0.4, -0.2) is 55.9 Å². The molecule has 0 saturated heterocycles. The summed E-state index contributed by atoms with van der Waals surface area (Å²) in [6.45, 7) is 4.26. The number of rotatable bonds is 14. The molecule has 0 bridgehead atoms. The molecule has 3 amide bonds. The molecule has 42 heavy (non-hydrogen) atoms. The number of carbonyl (C=O) groups is 3. The molecule has 0 aromatic heterocycles. The van der Waals surface area contributed by atoms with Crippen LogP contribution in [0.4, 0.5) is 16.2 Å². The fourth-order valence-electron chi connectivity index (χ4n) is 4.49. The number of urea groups is 1. The Labute approximate surface area is 245 Å². The summed E-state index contributed by atoms with van der Waals surface area (Å²) in [6.07, 6.45) is 0.426. The lowest BCUT2D eigenvalue weighted by molar-refractivity contribution is -0.140. The number of aliphatic carboxylic acids is 1. The van der Waals surface area contributed by atoms with Gasteiger partial charge >= 0.3 is 12.0 Å². The summed E-state index contributed by atoms with van der Waals surface area (Å²) in [5, 5.41) is 16.9. The number of hydrazine groups is 1. The van der Waals surface area contributed by atoms with Gasteiger partial charge in [0.2, 0.25) is 5.91 Å². The van der Waals surface area contributed by atoms with Gasteiger partial charge in [-0.1, -0.05) is 37.3 Å². The van der Waals surface area contributed by atoms with Crippen LogP contribution in [0.3, 0.4) is 0 Å². The second kappa shape index (κ2) is 15.3. The quantitative estimate of drug-likeness (QED) is 0.192. The second-order valence-electron chi connectivity index (χ2n) is 9.56. The summed E-state index contributed by atoms with van der Waals surface area (Å²) in [5.41, 5.74) is 6.25. The third-order valence-corrected chi connectivity index (χ3v) is 6.54. The molecule has 11 nitrogen and oxygen atoms in total. The topological polar surface area (TPSA) is 138 Å². The van der Waals surface area contributed by atoms with E-state index >= 15 is 0 Å². The number of carbonyl (C=O) groups excluding carboxylic acids is 2. The normalized spacial score (nSPS) is 11.4. The van der Waals surface area contributed by atoms with Gasteiger partial charge in [-0.3, -0.25) is 15.0 Å². The number of ether oxygens (including phenoxy) is 3. The Kier molecular flexibility index (Phi) is 11.6. The predicted molar refractivity (Wildman–Crippen MR) is 160 cm³/mol. The van der Waals surface area contributed by atoms with E-state index in [9.17, 15) is 19.5 Å². The number of hydrogen-bond acceptors (Lipinski definition) is 7. The number of para-hydroxylation sites is 1. The minimum absolute atomic E-state index is 0.00200. The molecule has 1 atom stereocenters. The summed E-state index contributed by atoms with van der Waals surface area (Å²) >= 11 is 0. The van der Waals surface area contributed by atoms with Crippen LogP contribution >= 0.6 is 0 Å². The molecule has 0 spiro atoms. The van der Waals surface area contributed by atoms with Crippen molar-refractivity contribution in [1.29, 1.82) is 0 Å². The van der Waals surface area contributed by atoms with Gasteiger partial charge in [0.25, 0.3) is 0 Å². The van der Waals surface area contributed by atoms with Crippen molar-refractivity contribution in [3.63, 3.8) is 0 Å². The van der Waals surface area contributed by atoms with Gasteiger partial charge in [-0.15, -0.1) is 0 Å². The number of benzene rings is 3. The molecule has 0 heterocycles. The van der Waals surface area contributed by atoms with E-state index in [1.807, 2.05) is 38.1 Å². The van der Waals surface area contributed by atoms with Crippen LogP contribution in [0.25, 0.3) is 0 Å². The number of nitrogens with zero attached hydrogens (tertiary/aromatic N) is 1. The molecule has 3 rings (SSSR count). The number of methoxy groups -OCH3 is 3. The first kappa shape index (κ1) is 31.8. The van der Waals surface area contributed by atoms with Gasteiger partial charge in [-0.25, -0.2) is 9.80 Å². The van der Waals surface area contributed by atoms with Gasteiger partial charge in [-0.05, 0) is 60.4 Å². The minimum Gasteiger partial charge on any atom is -0.495 e. The predicted octanol–water partition coefficient (Wildman–Crippen LogP) is 5.17. The molecule has 0 fully saturated rings. The third kappa shape index (κ3) is 8.61. The van der Waals surface area contributed by atoms with E-state index in [0.717, 1.165) is 5.56 Å². The van der Waals surface area contributed by atoms with Gasteiger partial charge in [0, 0.05) is 12.2 Å². The highest BCUT2D eigenvalue weighted by Crippen LogP contribution is 2.33. The number of aryl methyl sites for hydroxylation is 1. The van der Waals surface area contributed by atoms with E-state index in [1.165, 1.54) is 21.3 Å². The van der Waals surface area contributed by atoms with Crippen molar-refractivity contribution >= 4 is 29.3 Å². The molecule has 0 aliphatic heterocycles. The van der Waals surface area contributed by atoms with Gasteiger partial charge in [0.1, 0.15) is 5.75 Å². The smallest absolute Gasteiger partial charge is 0.323 e. The number of carboxylic acids is 1. The molecule has 4 N–H and O–H groups in total. The maximum absolute atomic E-state index is 13.2. The lowest BCUT2D eigenvalue weighted by atomic mass is 10.0. The molecule has 0 aliphatic rings. The fraction of sp³-hybridized carbons (Fsp3) is 0.323. The molecular formula is C31H38N4O7. The van der Waals surface area contributed by atoms with E-state index in [1.54, 1.807) is 41.4 Å². The van der Waals surface area contributed by atoms with Crippen LogP contribution in [0.5, 0.6) is 17.2 Å². The zero-order valence-electron chi connectivity index (χ0n) is 24.5. The first-order valence-corrected chi connectivity index (χ1v) is 13.5. The Morgan fingerprint density at radius 2 is 1.55 bits per heavy atom.